The molecular weight excluding hydrogens is 242 g/mol. The van der Waals surface area contributed by atoms with Crippen LogP contribution in [-0.4, -0.2) is 21.7 Å². The molecule has 0 aliphatic heterocycles. The molecule has 102 valence electrons. The molecule has 0 amide bonds. The smallest absolute Gasteiger partial charge is 0.230 e. The van der Waals surface area contributed by atoms with Gasteiger partial charge in [0.2, 0.25) is 5.95 Å². The maximum Gasteiger partial charge on any atom is 0.230 e. The lowest BCUT2D eigenvalue weighted by Crippen LogP contribution is -2.10. The van der Waals surface area contributed by atoms with Crippen LogP contribution in [0, 0.1) is 19.8 Å². The molecule has 2 N–H and O–H groups in total. The molecule has 0 radical (unpaired) electrons. The Hall–Kier alpha value is -2.11. The summed E-state index contributed by atoms with van der Waals surface area (Å²) >= 11 is 0. The van der Waals surface area contributed by atoms with Gasteiger partial charge in [0.15, 0.2) is 5.82 Å². The lowest BCUT2D eigenvalue weighted by Gasteiger charge is -2.10. The van der Waals surface area contributed by atoms with Gasteiger partial charge in [0.05, 0.1) is 0 Å². The second kappa shape index (κ2) is 5.69. The van der Waals surface area contributed by atoms with Crippen molar-refractivity contribution in [3.05, 3.63) is 23.6 Å². The standard InChI is InChI=1S/C13H19N5O/c1-8(2)7-14-11-5-9(3)15-13(16-11)17-12-6-10(4)19-18-12/h5-6,8H,7H2,1-4H3,(H2,14,15,16,17,18). The molecule has 0 fully saturated rings. The van der Waals surface area contributed by atoms with E-state index in [4.69, 9.17) is 4.52 Å². The van der Waals surface area contributed by atoms with E-state index in [0.717, 1.165) is 23.8 Å². The average molecular weight is 261 g/mol. The van der Waals surface area contributed by atoms with Crippen molar-refractivity contribution in [1.29, 1.82) is 0 Å². The molecule has 0 aliphatic carbocycles. The molecule has 2 heterocycles. The molecule has 0 unspecified atom stereocenters. The third kappa shape index (κ3) is 3.94. The highest BCUT2D eigenvalue weighted by Gasteiger charge is 2.06. The van der Waals surface area contributed by atoms with Crippen LogP contribution < -0.4 is 10.6 Å². The van der Waals surface area contributed by atoms with E-state index in [1.807, 2.05) is 19.9 Å². The van der Waals surface area contributed by atoms with Crippen molar-refractivity contribution in [2.45, 2.75) is 27.7 Å². The second-order valence-electron chi connectivity index (χ2n) is 4.94. The molecule has 2 aromatic rings. The first-order chi connectivity index (χ1) is 9.02. The minimum atomic E-state index is 0.513. The van der Waals surface area contributed by atoms with Crippen LogP contribution in [0.2, 0.25) is 0 Å². The maximum atomic E-state index is 4.99. The highest BCUT2D eigenvalue weighted by molar-refractivity contribution is 5.50. The summed E-state index contributed by atoms with van der Waals surface area (Å²) < 4.78 is 4.99. The third-order valence-electron chi connectivity index (χ3n) is 2.41. The number of nitrogens with zero attached hydrogens (tertiary/aromatic N) is 3. The molecule has 0 aliphatic rings. The zero-order valence-corrected chi connectivity index (χ0v) is 11.7. The summed E-state index contributed by atoms with van der Waals surface area (Å²) in [6.45, 7) is 8.95. The van der Waals surface area contributed by atoms with Gasteiger partial charge in [-0.1, -0.05) is 19.0 Å². The number of nitrogens with one attached hydrogen (secondary N) is 2. The minimum absolute atomic E-state index is 0.513. The maximum absolute atomic E-state index is 4.99. The fourth-order valence-corrected chi connectivity index (χ4v) is 1.56. The quantitative estimate of drug-likeness (QED) is 0.862. The van der Waals surface area contributed by atoms with Gasteiger partial charge in [-0.15, -0.1) is 0 Å². The van der Waals surface area contributed by atoms with Crippen molar-refractivity contribution >= 4 is 17.6 Å². The normalized spacial score (nSPS) is 10.8. The van der Waals surface area contributed by atoms with Crippen LogP contribution in [0.15, 0.2) is 16.7 Å². The molecule has 2 rings (SSSR count). The number of aromatic nitrogens is 3. The summed E-state index contributed by atoms with van der Waals surface area (Å²) in [4.78, 5) is 8.72. The monoisotopic (exact) mass is 261 g/mol. The number of rotatable bonds is 5. The van der Waals surface area contributed by atoms with Crippen molar-refractivity contribution in [1.82, 2.24) is 15.1 Å². The number of aryl methyl sites for hydroxylation is 2. The summed E-state index contributed by atoms with van der Waals surface area (Å²) in [7, 11) is 0. The molecule has 2 aromatic heterocycles. The van der Waals surface area contributed by atoms with E-state index in [1.165, 1.54) is 0 Å². The largest absolute Gasteiger partial charge is 0.370 e. The van der Waals surface area contributed by atoms with E-state index in [2.05, 4.69) is 39.6 Å². The lowest BCUT2D eigenvalue weighted by molar-refractivity contribution is 0.400. The summed E-state index contributed by atoms with van der Waals surface area (Å²) in [5.41, 5.74) is 0.893. The zero-order valence-electron chi connectivity index (χ0n) is 11.7. The Kier molecular flexibility index (Phi) is 3.99. The SMILES string of the molecule is Cc1cc(NCC(C)C)nc(Nc2cc(C)on2)n1. The molecule has 0 saturated carbocycles. The molecule has 19 heavy (non-hydrogen) atoms. The highest BCUT2D eigenvalue weighted by Crippen LogP contribution is 2.15. The molecular formula is C13H19N5O. The predicted octanol–water partition coefficient (Wildman–Crippen LogP) is 2.89. The van der Waals surface area contributed by atoms with Crippen LogP contribution in [0.25, 0.3) is 0 Å². The van der Waals surface area contributed by atoms with E-state index in [9.17, 15) is 0 Å². The molecule has 0 bridgehead atoms. The predicted molar refractivity (Wildman–Crippen MR) is 74.6 cm³/mol. The van der Waals surface area contributed by atoms with Crippen LogP contribution in [0.4, 0.5) is 17.6 Å². The van der Waals surface area contributed by atoms with Crippen molar-refractivity contribution in [3.63, 3.8) is 0 Å². The van der Waals surface area contributed by atoms with Gasteiger partial charge in [0, 0.05) is 24.4 Å². The fraction of sp³-hybridized carbons (Fsp3) is 0.462. The van der Waals surface area contributed by atoms with Crippen LogP contribution in [0.3, 0.4) is 0 Å². The van der Waals surface area contributed by atoms with Gasteiger partial charge < -0.3 is 15.2 Å². The first kappa shape index (κ1) is 13.3. The van der Waals surface area contributed by atoms with Gasteiger partial charge >= 0.3 is 0 Å². The molecule has 6 nitrogen and oxygen atoms in total. The summed E-state index contributed by atoms with van der Waals surface area (Å²) in [6.07, 6.45) is 0. The summed E-state index contributed by atoms with van der Waals surface area (Å²) in [5.74, 6) is 3.24. The van der Waals surface area contributed by atoms with Crippen LogP contribution in [0.1, 0.15) is 25.3 Å². The Morgan fingerprint density at radius 1 is 1.16 bits per heavy atom. The van der Waals surface area contributed by atoms with E-state index < -0.39 is 0 Å². The van der Waals surface area contributed by atoms with Crippen LogP contribution in [0.5, 0.6) is 0 Å². The molecule has 0 atom stereocenters. The lowest BCUT2D eigenvalue weighted by atomic mass is 10.2. The van der Waals surface area contributed by atoms with Crippen molar-refractivity contribution < 1.29 is 4.52 Å². The van der Waals surface area contributed by atoms with E-state index in [-0.39, 0.29) is 0 Å². The Bertz CT molecular complexity index is 550. The van der Waals surface area contributed by atoms with Gasteiger partial charge in [-0.25, -0.2) is 4.98 Å². The topological polar surface area (TPSA) is 75.9 Å². The molecule has 0 aromatic carbocycles. The van der Waals surface area contributed by atoms with Crippen molar-refractivity contribution in [2.24, 2.45) is 5.92 Å². The number of anilines is 3. The van der Waals surface area contributed by atoms with Crippen LogP contribution >= 0.6 is 0 Å². The summed E-state index contributed by atoms with van der Waals surface area (Å²) in [5, 5.41) is 10.2. The van der Waals surface area contributed by atoms with Crippen LogP contribution in [-0.2, 0) is 0 Å². The Morgan fingerprint density at radius 3 is 2.58 bits per heavy atom. The highest BCUT2D eigenvalue weighted by atomic mass is 16.5. The van der Waals surface area contributed by atoms with Gasteiger partial charge in [-0.3, -0.25) is 0 Å². The third-order valence-corrected chi connectivity index (χ3v) is 2.41. The Labute approximate surface area is 112 Å². The first-order valence-corrected chi connectivity index (χ1v) is 6.33. The van der Waals surface area contributed by atoms with Crippen molar-refractivity contribution in [3.8, 4) is 0 Å². The molecule has 0 spiro atoms. The Morgan fingerprint density at radius 2 is 1.95 bits per heavy atom. The van der Waals surface area contributed by atoms with Gasteiger partial charge in [-0.2, -0.15) is 4.98 Å². The molecule has 0 saturated heterocycles. The average Bonchev–Trinajstić information content (AvgIpc) is 2.71. The van der Waals surface area contributed by atoms with E-state index in [1.54, 1.807) is 6.07 Å². The van der Waals surface area contributed by atoms with E-state index >= 15 is 0 Å². The van der Waals surface area contributed by atoms with Gasteiger partial charge in [0.25, 0.3) is 0 Å². The number of hydrogen-bond donors (Lipinski definition) is 2. The molecule has 6 heteroatoms. The Balaban J connectivity index is 2.12. The van der Waals surface area contributed by atoms with Gasteiger partial charge in [-0.05, 0) is 19.8 Å². The van der Waals surface area contributed by atoms with E-state index in [0.29, 0.717) is 17.7 Å². The zero-order chi connectivity index (χ0) is 13.8. The minimum Gasteiger partial charge on any atom is -0.370 e. The summed E-state index contributed by atoms with van der Waals surface area (Å²) in [6, 6.07) is 3.72. The van der Waals surface area contributed by atoms with Crippen molar-refractivity contribution in [2.75, 3.05) is 17.2 Å². The second-order valence-corrected chi connectivity index (χ2v) is 4.94. The first-order valence-electron chi connectivity index (χ1n) is 6.33. The number of hydrogen-bond acceptors (Lipinski definition) is 6. The van der Waals surface area contributed by atoms with Gasteiger partial charge in [0.1, 0.15) is 11.6 Å². The fourth-order valence-electron chi connectivity index (χ4n) is 1.56.